The van der Waals surface area contributed by atoms with E-state index in [1.165, 1.54) is 11.3 Å². The molecule has 0 atom stereocenters. The Morgan fingerprint density at radius 3 is 3.00 bits per heavy atom. The highest BCUT2D eigenvalue weighted by Gasteiger charge is 2.16. The van der Waals surface area contributed by atoms with Crippen molar-refractivity contribution in [1.82, 2.24) is 15.6 Å². The molecule has 1 aliphatic rings. The van der Waals surface area contributed by atoms with Crippen LogP contribution in [0.25, 0.3) is 0 Å². The molecule has 0 unspecified atom stereocenters. The van der Waals surface area contributed by atoms with Crippen molar-refractivity contribution in [1.29, 1.82) is 0 Å². The molecule has 1 amide bonds. The zero-order chi connectivity index (χ0) is 20.5. The predicted molar refractivity (Wildman–Crippen MR) is 119 cm³/mol. The van der Waals surface area contributed by atoms with Crippen molar-refractivity contribution in [2.75, 3.05) is 31.6 Å². The van der Waals surface area contributed by atoms with Crippen LogP contribution in [0.3, 0.4) is 0 Å². The first kappa shape index (κ1) is 21.5. The minimum atomic E-state index is -0.171. The molecule has 0 saturated carbocycles. The average molecular weight is 415 g/mol. The number of amides is 1. The summed E-state index contributed by atoms with van der Waals surface area (Å²) in [4.78, 5) is 17.3. The summed E-state index contributed by atoms with van der Waals surface area (Å²) in [6.45, 7) is 10.0. The van der Waals surface area contributed by atoms with Crippen molar-refractivity contribution < 1.29 is 9.53 Å². The van der Waals surface area contributed by atoms with Crippen LogP contribution in [0.5, 0.6) is 5.75 Å². The monoisotopic (exact) mass is 414 g/mol. The Morgan fingerprint density at radius 1 is 1.41 bits per heavy atom. The van der Waals surface area contributed by atoms with Gasteiger partial charge in [-0.15, -0.1) is 11.3 Å². The molecule has 156 valence electrons. The van der Waals surface area contributed by atoms with Crippen LogP contribution in [0.4, 0.5) is 5.13 Å². The zero-order valence-electron chi connectivity index (χ0n) is 17.0. The first-order valence-corrected chi connectivity index (χ1v) is 11.1. The first-order chi connectivity index (χ1) is 14.2. The number of rotatable bonds is 12. The van der Waals surface area contributed by atoms with Gasteiger partial charge in [-0.2, -0.15) is 0 Å². The fraction of sp³-hybridized carbons (Fsp3) is 0.455. The minimum absolute atomic E-state index is 0.171. The van der Waals surface area contributed by atoms with Crippen LogP contribution in [0.15, 0.2) is 36.2 Å². The number of aromatic nitrogens is 1. The van der Waals surface area contributed by atoms with Crippen LogP contribution in [0, 0.1) is 5.92 Å². The fourth-order valence-electron chi connectivity index (χ4n) is 3.05. The van der Waals surface area contributed by atoms with Crippen LogP contribution in [0.1, 0.15) is 41.4 Å². The predicted octanol–water partition coefficient (Wildman–Crippen LogP) is 3.61. The number of nitrogens with zero attached hydrogens (tertiary/aromatic N) is 1. The Labute approximate surface area is 176 Å². The molecule has 1 aliphatic heterocycles. The van der Waals surface area contributed by atoms with Crippen molar-refractivity contribution in [2.45, 2.75) is 32.7 Å². The number of aryl methyl sites for hydroxylation is 1. The lowest BCUT2D eigenvalue weighted by atomic mass is 10.0. The third-order valence-electron chi connectivity index (χ3n) is 4.78. The molecule has 2 heterocycles. The van der Waals surface area contributed by atoms with E-state index in [2.05, 4.69) is 34.4 Å². The third-order valence-corrected chi connectivity index (χ3v) is 5.59. The normalized spacial score (nSPS) is 13.7. The van der Waals surface area contributed by atoms with Gasteiger partial charge < -0.3 is 15.4 Å². The third kappa shape index (κ3) is 6.66. The van der Waals surface area contributed by atoms with Gasteiger partial charge in [0, 0.05) is 37.1 Å². The highest BCUT2D eigenvalue weighted by Crippen LogP contribution is 2.21. The van der Waals surface area contributed by atoms with Gasteiger partial charge in [-0.3, -0.25) is 10.1 Å². The highest BCUT2D eigenvalue weighted by atomic mass is 32.1. The number of nitrogens with one attached hydrogen (secondary N) is 3. The number of unbranched alkanes of at least 4 members (excludes halogenated alkanes) is 1. The van der Waals surface area contributed by atoms with Gasteiger partial charge in [0.05, 0.1) is 5.69 Å². The molecule has 3 rings (SSSR count). The smallest absolute Gasteiger partial charge is 0.257 e. The second-order valence-corrected chi connectivity index (χ2v) is 8.18. The molecule has 1 saturated heterocycles. The van der Waals surface area contributed by atoms with E-state index in [0.717, 1.165) is 50.2 Å². The number of carbonyl (C=O) groups excluding carboxylic acids is 1. The standard InChI is InChI=1S/C22H30N4O2S/c1-3-5-6-19-15-29-22(25-19)26-21(27)18-8-16(9-20(10-18)28-7-4-2)11-23-12-17-13-24-14-17/h4,8-10,15,17,23-24H,2-3,5-7,11-14H2,1H3,(H,25,26,27). The molecule has 3 N–H and O–H groups in total. The Morgan fingerprint density at radius 2 is 2.28 bits per heavy atom. The lowest BCUT2D eigenvalue weighted by molar-refractivity contribution is 0.102. The summed E-state index contributed by atoms with van der Waals surface area (Å²) in [5, 5.41) is 12.3. The lowest BCUT2D eigenvalue weighted by Gasteiger charge is -2.27. The van der Waals surface area contributed by atoms with Crippen molar-refractivity contribution >= 4 is 22.4 Å². The van der Waals surface area contributed by atoms with Gasteiger partial charge in [0.25, 0.3) is 5.91 Å². The van der Waals surface area contributed by atoms with Crippen molar-refractivity contribution in [2.24, 2.45) is 5.92 Å². The summed E-state index contributed by atoms with van der Waals surface area (Å²) < 4.78 is 5.70. The number of hydrogen-bond acceptors (Lipinski definition) is 6. The first-order valence-electron chi connectivity index (χ1n) is 10.2. The largest absolute Gasteiger partial charge is 0.490 e. The zero-order valence-corrected chi connectivity index (χ0v) is 17.8. The van der Waals surface area contributed by atoms with E-state index in [0.29, 0.717) is 35.5 Å². The summed E-state index contributed by atoms with van der Waals surface area (Å²) >= 11 is 1.47. The molecule has 29 heavy (non-hydrogen) atoms. The van der Waals surface area contributed by atoms with Crippen LogP contribution >= 0.6 is 11.3 Å². The van der Waals surface area contributed by atoms with Gasteiger partial charge >= 0.3 is 0 Å². The molecule has 6 nitrogen and oxygen atoms in total. The molecule has 0 bridgehead atoms. The van der Waals surface area contributed by atoms with E-state index in [9.17, 15) is 4.79 Å². The number of ether oxygens (including phenoxy) is 1. The van der Waals surface area contributed by atoms with Gasteiger partial charge in [0.2, 0.25) is 0 Å². The van der Waals surface area contributed by atoms with Gasteiger partial charge in [0.1, 0.15) is 12.4 Å². The molecule has 1 aromatic heterocycles. The number of carbonyl (C=O) groups is 1. The van der Waals surface area contributed by atoms with Gasteiger partial charge in [-0.25, -0.2) is 4.98 Å². The maximum Gasteiger partial charge on any atom is 0.257 e. The van der Waals surface area contributed by atoms with Gasteiger partial charge in [0.15, 0.2) is 5.13 Å². The molecule has 1 fully saturated rings. The van der Waals surface area contributed by atoms with E-state index < -0.39 is 0 Å². The van der Waals surface area contributed by atoms with Crippen LogP contribution in [-0.2, 0) is 13.0 Å². The molecule has 1 aromatic carbocycles. The van der Waals surface area contributed by atoms with E-state index >= 15 is 0 Å². The summed E-state index contributed by atoms with van der Waals surface area (Å²) in [7, 11) is 0. The maximum atomic E-state index is 12.8. The number of anilines is 1. The summed E-state index contributed by atoms with van der Waals surface area (Å²) in [6, 6.07) is 5.65. The highest BCUT2D eigenvalue weighted by molar-refractivity contribution is 7.14. The molecule has 2 aromatic rings. The quantitative estimate of drug-likeness (QED) is 0.463. The van der Waals surface area contributed by atoms with Crippen molar-refractivity contribution in [3.05, 3.63) is 53.1 Å². The summed E-state index contributed by atoms with van der Waals surface area (Å²) in [6.07, 6.45) is 4.87. The van der Waals surface area contributed by atoms with E-state index in [1.807, 2.05) is 17.5 Å². The fourth-order valence-corrected chi connectivity index (χ4v) is 3.79. The Kier molecular flexibility index (Phi) is 8.22. The second-order valence-electron chi connectivity index (χ2n) is 7.32. The molecule has 0 spiro atoms. The van der Waals surface area contributed by atoms with E-state index in [1.54, 1.807) is 12.1 Å². The molecular weight excluding hydrogens is 384 g/mol. The van der Waals surface area contributed by atoms with Gasteiger partial charge in [-0.1, -0.05) is 26.0 Å². The van der Waals surface area contributed by atoms with Crippen LogP contribution in [-0.4, -0.2) is 37.1 Å². The molecular formula is C22H30N4O2S. The minimum Gasteiger partial charge on any atom is -0.490 e. The van der Waals surface area contributed by atoms with E-state index in [-0.39, 0.29) is 5.91 Å². The molecule has 7 heteroatoms. The number of thiazole rings is 1. The topological polar surface area (TPSA) is 75.3 Å². The van der Waals surface area contributed by atoms with Crippen molar-refractivity contribution in [3.63, 3.8) is 0 Å². The van der Waals surface area contributed by atoms with Crippen LogP contribution in [0.2, 0.25) is 0 Å². The lowest BCUT2D eigenvalue weighted by Crippen LogP contribution is -2.47. The van der Waals surface area contributed by atoms with E-state index in [4.69, 9.17) is 4.74 Å². The Bertz CT molecular complexity index is 817. The molecule has 0 aliphatic carbocycles. The Hall–Kier alpha value is -2.22. The number of hydrogen-bond donors (Lipinski definition) is 3. The van der Waals surface area contributed by atoms with Gasteiger partial charge in [-0.05, 0) is 42.5 Å². The summed E-state index contributed by atoms with van der Waals surface area (Å²) in [5.41, 5.74) is 2.62. The van der Waals surface area contributed by atoms with Crippen LogP contribution < -0.4 is 20.7 Å². The number of benzene rings is 1. The Balaban J connectivity index is 1.65. The maximum absolute atomic E-state index is 12.8. The molecule has 0 radical (unpaired) electrons. The van der Waals surface area contributed by atoms with Crippen molar-refractivity contribution in [3.8, 4) is 5.75 Å². The second kappa shape index (κ2) is 11.1. The SMILES string of the molecule is C=CCOc1cc(CNCC2CNC2)cc(C(=O)Nc2nc(CCCC)cs2)c1. The summed E-state index contributed by atoms with van der Waals surface area (Å²) in [5.74, 6) is 1.18. The average Bonchev–Trinajstić information content (AvgIpc) is 3.13.